The van der Waals surface area contributed by atoms with Gasteiger partial charge in [0.1, 0.15) is 0 Å². The maximum Gasteiger partial charge on any atom is 0.416 e. The second-order valence-corrected chi connectivity index (χ2v) is 6.71. The maximum atomic E-state index is 13.1. The molecule has 28 heavy (non-hydrogen) atoms. The molecule has 6 heteroatoms. The summed E-state index contributed by atoms with van der Waals surface area (Å²) in [6, 6.07) is 15.7. The number of carbonyl (C=O) groups is 1. The zero-order valence-electron chi connectivity index (χ0n) is 14.9. The van der Waals surface area contributed by atoms with E-state index in [0.717, 1.165) is 23.3 Å². The summed E-state index contributed by atoms with van der Waals surface area (Å²) < 4.78 is 38.9. The van der Waals surface area contributed by atoms with E-state index in [1.54, 1.807) is 29.4 Å². The molecule has 3 nitrogen and oxygen atoms in total. The summed E-state index contributed by atoms with van der Waals surface area (Å²) in [6.07, 6.45) is -0.587. The Kier molecular flexibility index (Phi) is 4.63. The molecule has 1 aromatic heterocycles. The first-order valence-electron chi connectivity index (χ1n) is 8.91. The Labute approximate surface area is 160 Å². The molecule has 0 fully saturated rings. The van der Waals surface area contributed by atoms with E-state index in [0.29, 0.717) is 24.1 Å². The number of carbonyl (C=O) groups excluding carboxylic acids is 1. The number of halogens is 3. The molecule has 1 aliphatic rings. The van der Waals surface area contributed by atoms with Gasteiger partial charge in [0.15, 0.2) is 0 Å². The number of pyridine rings is 1. The Morgan fingerprint density at radius 2 is 1.64 bits per heavy atom. The van der Waals surface area contributed by atoms with Gasteiger partial charge in [-0.2, -0.15) is 13.2 Å². The highest BCUT2D eigenvalue weighted by molar-refractivity contribution is 5.94. The van der Waals surface area contributed by atoms with Crippen LogP contribution in [0, 0.1) is 0 Å². The van der Waals surface area contributed by atoms with Gasteiger partial charge < -0.3 is 4.90 Å². The number of benzene rings is 2. The minimum atomic E-state index is -4.39. The van der Waals surface area contributed by atoms with Gasteiger partial charge in [0, 0.05) is 24.5 Å². The molecule has 0 saturated heterocycles. The van der Waals surface area contributed by atoms with E-state index < -0.39 is 17.8 Å². The third kappa shape index (κ3) is 3.38. The average molecular weight is 382 g/mol. The molecule has 1 amide bonds. The first-order chi connectivity index (χ1) is 13.4. The Morgan fingerprint density at radius 1 is 0.964 bits per heavy atom. The number of alkyl halides is 3. The molecule has 0 spiro atoms. The Hall–Kier alpha value is -3.15. The van der Waals surface area contributed by atoms with Gasteiger partial charge >= 0.3 is 6.18 Å². The molecule has 3 aromatic rings. The molecule has 0 unspecified atom stereocenters. The molecule has 0 radical (unpaired) electrons. The Bertz CT molecular complexity index is 985. The van der Waals surface area contributed by atoms with E-state index in [4.69, 9.17) is 0 Å². The lowest BCUT2D eigenvalue weighted by atomic mass is 9.87. The zero-order valence-corrected chi connectivity index (χ0v) is 14.9. The van der Waals surface area contributed by atoms with Crippen molar-refractivity contribution >= 4 is 5.91 Å². The summed E-state index contributed by atoms with van der Waals surface area (Å²) in [5, 5.41) is 0. The molecule has 0 N–H and O–H groups in total. The molecule has 0 saturated carbocycles. The average Bonchev–Trinajstić information content (AvgIpc) is 2.72. The normalized spacial score (nSPS) is 16.5. The fraction of sp³-hybridized carbons (Fsp3) is 0.182. The molecule has 4 rings (SSSR count). The van der Waals surface area contributed by atoms with Gasteiger partial charge in [-0.1, -0.05) is 36.4 Å². The van der Waals surface area contributed by atoms with Crippen LogP contribution in [0.25, 0.3) is 0 Å². The molecule has 142 valence electrons. The molecule has 0 aliphatic carbocycles. The van der Waals surface area contributed by atoms with Gasteiger partial charge in [0.05, 0.1) is 11.6 Å². The van der Waals surface area contributed by atoms with Crippen LogP contribution in [0.5, 0.6) is 0 Å². The molecular weight excluding hydrogens is 365 g/mol. The molecule has 0 bridgehead atoms. The second-order valence-electron chi connectivity index (χ2n) is 6.71. The molecule has 1 atom stereocenters. The molecular formula is C22H17F3N2O. The van der Waals surface area contributed by atoms with Crippen molar-refractivity contribution in [1.82, 2.24) is 9.88 Å². The second kappa shape index (κ2) is 7.11. The van der Waals surface area contributed by atoms with E-state index in [1.165, 1.54) is 12.1 Å². The molecule has 2 heterocycles. The lowest BCUT2D eigenvalue weighted by molar-refractivity contribution is -0.137. The van der Waals surface area contributed by atoms with E-state index in [1.807, 2.05) is 24.3 Å². The summed E-state index contributed by atoms with van der Waals surface area (Å²) in [5.41, 5.74) is 2.50. The summed E-state index contributed by atoms with van der Waals surface area (Å²) in [6.45, 7) is 0.490. The van der Waals surface area contributed by atoms with Crippen LogP contribution >= 0.6 is 0 Å². The van der Waals surface area contributed by atoms with Gasteiger partial charge in [0.25, 0.3) is 5.91 Å². The van der Waals surface area contributed by atoms with Crippen LogP contribution in [0.2, 0.25) is 0 Å². The number of hydrogen-bond acceptors (Lipinski definition) is 2. The highest BCUT2D eigenvalue weighted by atomic mass is 19.4. The number of hydrogen-bond donors (Lipinski definition) is 0. The quantitative estimate of drug-likeness (QED) is 0.632. The fourth-order valence-electron chi connectivity index (χ4n) is 3.66. The number of amides is 1. The Morgan fingerprint density at radius 3 is 2.32 bits per heavy atom. The number of aromatic nitrogens is 1. The van der Waals surface area contributed by atoms with Gasteiger partial charge in [-0.15, -0.1) is 0 Å². The summed E-state index contributed by atoms with van der Waals surface area (Å²) in [7, 11) is 0. The minimum absolute atomic E-state index is 0.165. The van der Waals surface area contributed by atoms with Crippen molar-refractivity contribution in [2.75, 3.05) is 6.54 Å². The summed E-state index contributed by atoms with van der Waals surface area (Å²) >= 11 is 0. The third-order valence-corrected chi connectivity index (χ3v) is 5.03. The van der Waals surface area contributed by atoms with Gasteiger partial charge in [-0.3, -0.25) is 9.78 Å². The standard InChI is InChI=1S/C22H17F3N2O/c23-22(24,25)18-7-5-16(6-8-18)20-19-4-2-1-3-15(19)11-14-27(20)21(28)17-9-12-26-13-10-17/h1-10,12-13,20H,11,14H2/t20-/m1/s1. The van der Waals surface area contributed by atoms with Gasteiger partial charge in [-0.25, -0.2) is 0 Å². The predicted octanol–water partition coefficient (Wildman–Crippen LogP) is 4.89. The number of fused-ring (bicyclic) bond motifs is 1. The van der Waals surface area contributed by atoms with Crippen molar-refractivity contribution in [1.29, 1.82) is 0 Å². The largest absolute Gasteiger partial charge is 0.416 e. The van der Waals surface area contributed by atoms with Gasteiger partial charge in [-0.05, 0) is 47.4 Å². The summed E-state index contributed by atoms with van der Waals surface area (Å²) in [5.74, 6) is -0.165. The summed E-state index contributed by atoms with van der Waals surface area (Å²) in [4.78, 5) is 18.8. The van der Waals surface area contributed by atoms with Crippen molar-refractivity contribution in [2.24, 2.45) is 0 Å². The van der Waals surface area contributed by atoms with Crippen molar-refractivity contribution in [3.63, 3.8) is 0 Å². The van der Waals surface area contributed by atoms with Crippen molar-refractivity contribution in [3.8, 4) is 0 Å². The molecule has 1 aliphatic heterocycles. The number of nitrogens with zero attached hydrogens (tertiary/aromatic N) is 2. The van der Waals surface area contributed by atoms with Crippen molar-refractivity contribution < 1.29 is 18.0 Å². The van der Waals surface area contributed by atoms with Crippen LogP contribution in [-0.4, -0.2) is 22.3 Å². The van der Waals surface area contributed by atoms with Crippen LogP contribution < -0.4 is 0 Å². The number of rotatable bonds is 2. The third-order valence-electron chi connectivity index (χ3n) is 5.03. The van der Waals surface area contributed by atoms with Crippen molar-refractivity contribution in [3.05, 3.63) is 101 Å². The first-order valence-corrected chi connectivity index (χ1v) is 8.91. The smallest absolute Gasteiger partial charge is 0.327 e. The zero-order chi connectivity index (χ0) is 19.7. The van der Waals surface area contributed by atoms with Gasteiger partial charge in [0.2, 0.25) is 0 Å². The molecule has 2 aromatic carbocycles. The van der Waals surface area contributed by atoms with Crippen LogP contribution in [0.1, 0.15) is 38.7 Å². The first kappa shape index (κ1) is 18.2. The highest BCUT2D eigenvalue weighted by Crippen LogP contribution is 2.37. The van der Waals surface area contributed by atoms with E-state index >= 15 is 0 Å². The lowest BCUT2D eigenvalue weighted by Gasteiger charge is -2.38. The highest BCUT2D eigenvalue weighted by Gasteiger charge is 2.34. The van der Waals surface area contributed by atoms with E-state index in [-0.39, 0.29) is 5.91 Å². The van der Waals surface area contributed by atoms with Crippen LogP contribution in [0.3, 0.4) is 0 Å². The van der Waals surface area contributed by atoms with Crippen LogP contribution in [0.4, 0.5) is 13.2 Å². The van der Waals surface area contributed by atoms with Crippen LogP contribution in [0.15, 0.2) is 73.1 Å². The SMILES string of the molecule is O=C(c1ccncc1)N1CCc2ccccc2[C@H]1c1ccc(C(F)(F)F)cc1. The lowest BCUT2D eigenvalue weighted by Crippen LogP contribution is -2.40. The van der Waals surface area contributed by atoms with Crippen LogP contribution in [-0.2, 0) is 12.6 Å². The van der Waals surface area contributed by atoms with E-state index in [9.17, 15) is 18.0 Å². The monoisotopic (exact) mass is 382 g/mol. The van der Waals surface area contributed by atoms with E-state index in [2.05, 4.69) is 4.98 Å². The topological polar surface area (TPSA) is 33.2 Å². The minimum Gasteiger partial charge on any atom is -0.327 e. The van der Waals surface area contributed by atoms with Crippen molar-refractivity contribution in [2.45, 2.75) is 18.6 Å². The predicted molar refractivity (Wildman–Crippen MR) is 98.7 cm³/mol. The fourth-order valence-corrected chi connectivity index (χ4v) is 3.66. The Balaban J connectivity index is 1.78. The maximum absolute atomic E-state index is 13.1.